The largest absolute Gasteiger partial charge is 0.465 e. The van der Waals surface area contributed by atoms with Crippen molar-refractivity contribution in [2.45, 2.75) is 45.1 Å². The minimum absolute atomic E-state index is 0.156. The summed E-state index contributed by atoms with van der Waals surface area (Å²) in [4.78, 5) is 42.3. The lowest BCUT2D eigenvalue weighted by molar-refractivity contribution is -0.124. The van der Waals surface area contributed by atoms with Crippen molar-refractivity contribution in [3.63, 3.8) is 0 Å². The standard InChI is InChI=1S/C20H21ClN2O5S/c1-3-13(28-19(25)11-8-9-22-15(21)10-11)17(24)23-18-16(20(26)27-2)12-6-4-5-7-14(12)29-18/h8-10,13H,3-7H2,1-2H3,(H,23,24). The van der Waals surface area contributed by atoms with E-state index in [9.17, 15) is 14.4 Å². The fourth-order valence-electron chi connectivity index (χ4n) is 3.21. The molecule has 1 amide bonds. The molecule has 0 aromatic carbocycles. The topological polar surface area (TPSA) is 94.6 Å². The molecular formula is C20H21ClN2O5S. The van der Waals surface area contributed by atoms with Crippen molar-refractivity contribution >= 4 is 45.8 Å². The van der Waals surface area contributed by atoms with Gasteiger partial charge in [0.1, 0.15) is 10.2 Å². The molecule has 2 heterocycles. The Morgan fingerprint density at radius 3 is 2.72 bits per heavy atom. The van der Waals surface area contributed by atoms with Crippen LogP contribution in [0.2, 0.25) is 5.15 Å². The molecule has 29 heavy (non-hydrogen) atoms. The van der Waals surface area contributed by atoms with Crippen molar-refractivity contribution < 1.29 is 23.9 Å². The lowest BCUT2D eigenvalue weighted by atomic mass is 9.95. The van der Waals surface area contributed by atoms with Crippen LogP contribution < -0.4 is 5.32 Å². The maximum absolute atomic E-state index is 12.8. The number of ether oxygens (including phenoxy) is 2. The average molecular weight is 437 g/mol. The molecule has 7 nitrogen and oxygen atoms in total. The van der Waals surface area contributed by atoms with Crippen LogP contribution in [0.1, 0.15) is 57.3 Å². The van der Waals surface area contributed by atoms with Crippen LogP contribution in [-0.2, 0) is 27.1 Å². The van der Waals surface area contributed by atoms with E-state index >= 15 is 0 Å². The van der Waals surface area contributed by atoms with E-state index in [1.165, 1.54) is 36.8 Å². The zero-order valence-corrected chi connectivity index (χ0v) is 17.7. The van der Waals surface area contributed by atoms with Crippen molar-refractivity contribution in [3.8, 4) is 0 Å². The van der Waals surface area contributed by atoms with Gasteiger partial charge in [0.05, 0.1) is 18.2 Å². The van der Waals surface area contributed by atoms with Gasteiger partial charge in [-0.2, -0.15) is 0 Å². The second-order valence-corrected chi connectivity index (χ2v) is 8.06. The van der Waals surface area contributed by atoms with Gasteiger partial charge in [0.15, 0.2) is 6.10 Å². The van der Waals surface area contributed by atoms with Crippen LogP contribution in [-0.4, -0.2) is 36.0 Å². The van der Waals surface area contributed by atoms with E-state index < -0.39 is 23.9 Å². The van der Waals surface area contributed by atoms with Crippen molar-refractivity contribution in [1.29, 1.82) is 0 Å². The maximum Gasteiger partial charge on any atom is 0.341 e. The zero-order chi connectivity index (χ0) is 21.0. The molecule has 0 aliphatic heterocycles. The molecule has 0 saturated carbocycles. The molecule has 0 saturated heterocycles. The summed E-state index contributed by atoms with van der Waals surface area (Å²) in [5.74, 6) is -1.64. The summed E-state index contributed by atoms with van der Waals surface area (Å²) < 4.78 is 10.3. The monoisotopic (exact) mass is 436 g/mol. The van der Waals surface area contributed by atoms with Crippen molar-refractivity contribution in [2.75, 3.05) is 12.4 Å². The normalized spacial score (nSPS) is 13.9. The lowest BCUT2D eigenvalue weighted by Gasteiger charge is -2.16. The van der Waals surface area contributed by atoms with Gasteiger partial charge in [-0.25, -0.2) is 14.6 Å². The van der Waals surface area contributed by atoms with E-state index in [2.05, 4.69) is 10.3 Å². The SMILES string of the molecule is CCC(OC(=O)c1ccnc(Cl)c1)C(=O)Nc1sc2c(c1C(=O)OC)CCCC2. The second kappa shape index (κ2) is 9.37. The predicted octanol–water partition coefficient (Wildman–Crippen LogP) is 4.04. The first-order valence-corrected chi connectivity index (χ1v) is 10.5. The number of pyridine rings is 1. The summed E-state index contributed by atoms with van der Waals surface area (Å²) in [6.07, 6.45) is 4.33. The number of esters is 2. The second-order valence-electron chi connectivity index (χ2n) is 6.57. The van der Waals surface area contributed by atoms with E-state index in [4.69, 9.17) is 21.1 Å². The van der Waals surface area contributed by atoms with Gasteiger partial charge in [-0.15, -0.1) is 11.3 Å². The van der Waals surface area contributed by atoms with E-state index in [-0.39, 0.29) is 17.1 Å². The fourth-order valence-corrected chi connectivity index (χ4v) is 4.67. The summed E-state index contributed by atoms with van der Waals surface area (Å²) in [5.41, 5.74) is 1.56. The summed E-state index contributed by atoms with van der Waals surface area (Å²) in [5, 5.41) is 3.36. The molecule has 1 atom stereocenters. The predicted molar refractivity (Wildman–Crippen MR) is 110 cm³/mol. The smallest absolute Gasteiger partial charge is 0.341 e. The van der Waals surface area contributed by atoms with Crippen LogP contribution in [0, 0.1) is 0 Å². The first-order chi connectivity index (χ1) is 13.9. The van der Waals surface area contributed by atoms with Gasteiger partial charge in [0, 0.05) is 11.1 Å². The molecule has 1 aliphatic carbocycles. The first kappa shape index (κ1) is 21.3. The van der Waals surface area contributed by atoms with Gasteiger partial charge < -0.3 is 14.8 Å². The highest BCUT2D eigenvalue weighted by atomic mass is 35.5. The highest BCUT2D eigenvalue weighted by Crippen LogP contribution is 2.38. The van der Waals surface area contributed by atoms with Gasteiger partial charge >= 0.3 is 11.9 Å². The number of hydrogen-bond acceptors (Lipinski definition) is 7. The summed E-state index contributed by atoms with van der Waals surface area (Å²) >= 11 is 7.18. The molecule has 2 aromatic rings. The van der Waals surface area contributed by atoms with Crippen LogP contribution in [0.4, 0.5) is 5.00 Å². The molecule has 1 unspecified atom stereocenters. The molecule has 3 rings (SSSR count). The minimum Gasteiger partial charge on any atom is -0.465 e. The Hall–Kier alpha value is -2.45. The van der Waals surface area contributed by atoms with Gasteiger partial charge in [-0.1, -0.05) is 18.5 Å². The number of aryl methyl sites for hydroxylation is 1. The molecule has 0 spiro atoms. The van der Waals surface area contributed by atoms with E-state index in [1.807, 2.05) is 0 Å². The third kappa shape index (κ3) is 4.76. The fraction of sp³-hybridized carbons (Fsp3) is 0.400. The molecule has 1 aliphatic rings. The number of carbonyl (C=O) groups excluding carboxylic acids is 3. The number of thiophene rings is 1. The van der Waals surface area contributed by atoms with E-state index in [0.29, 0.717) is 10.6 Å². The Balaban J connectivity index is 1.78. The van der Waals surface area contributed by atoms with Gasteiger partial charge in [0.25, 0.3) is 5.91 Å². The number of halogens is 1. The number of fused-ring (bicyclic) bond motifs is 1. The summed E-state index contributed by atoms with van der Waals surface area (Å²) in [6, 6.07) is 2.83. The van der Waals surface area contributed by atoms with Gasteiger partial charge in [-0.05, 0) is 49.8 Å². The Bertz CT molecular complexity index is 943. The number of methoxy groups -OCH3 is 1. The highest BCUT2D eigenvalue weighted by molar-refractivity contribution is 7.17. The van der Waals surface area contributed by atoms with Crippen molar-refractivity contribution in [2.24, 2.45) is 0 Å². The Morgan fingerprint density at radius 2 is 2.03 bits per heavy atom. The zero-order valence-electron chi connectivity index (χ0n) is 16.1. The Kier molecular flexibility index (Phi) is 6.87. The number of hydrogen-bond donors (Lipinski definition) is 1. The van der Waals surface area contributed by atoms with Crippen LogP contribution in [0.3, 0.4) is 0 Å². The average Bonchev–Trinajstić information content (AvgIpc) is 3.08. The number of nitrogens with zero attached hydrogens (tertiary/aromatic N) is 1. The van der Waals surface area contributed by atoms with Crippen LogP contribution in [0.25, 0.3) is 0 Å². The molecule has 9 heteroatoms. The molecule has 0 fully saturated rings. The highest BCUT2D eigenvalue weighted by Gasteiger charge is 2.29. The molecular weight excluding hydrogens is 416 g/mol. The number of nitrogens with one attached hydrogen (secondary N) is 1. The first-order valence-electron chi connectivity index (χ1n) is 9.30. The third-order valence-electron chi connectivity index (χ3n) is 4.67. The van der Waals surface area contributed by atoms with Crippen LogP contribution in [0.15, 0.2) is 18.3 Å². The summed E-state index contributed by atoms with van der Waals surface area (Å²) in [7, 11) is 1.32. The van der Waals surface area contributed by atoms with Crippen LogP contribution in [0.5, 0.6) is 0 Å². The van der Waals surface area contributed by atoms with E-state index in [1.54, 1.807) is 6.92 Å². The number of rotatable bonds is 6. The molecule has 2 aromatic heterocycles. The molecule has 154 valence electrons. The number of anilines is 1. The molecule has 1 N–H and O–H groups in total. The maximum atomic E-state index is 12.8. The molecule has 0 bridgehead atoms. The summed E-state index contributed by atoms with van der Waals surface area (Å²) in [6.45, 7) is 1.73. The molecule has 0 radical (unpaired) electrons. The van der Waals surface area contributed by atoms with Crippen molar-refractivity contribution in [3.05, 3.63) is 45.1 Å². The third-order valence-corrected chi connectivity index (χ3v) is 6.09. The number of aromatic nitrogens is 1. The van der Waals surface area contributed by atoms with Crippen LogP contribution >= 0.6 is 22.9 Å². The van der Waals surface area contributed by atoms with E-state index in [0.717, 1.165) is 36.1 Å². The number of amides is 1. The minimum atomic E-state index is -1.01. The van der Waals surface area contributed by atoms with Crippen molar-refractivity contribution in [1.82, 2.24) is 4.98 Å². The van der Waals surface area contributed by atoms with Gasteiger partial charge in [-0.3, -0.25) is 4.79 Å². The van der Waals surface area contributed by atoms with Gasteiger partial charge in [0.2, 0.25) is 0 Å². The Labute approximate surface area is 177 Å². The Morgan fingerprint density at radius 1 is 1.28 bits per heavy atom. The number of carbonyl (C=O) groups is 3. The lowest BCUT2D eigenvalue weighted by Crippen LogP contribution is -2.32. The quantitative estimate of drug-likeness (QED) is 0.542.